The molecule has 1 aromatic heterocycles. The maximum Gasteiger partial charge on any atom is 0.213 e. The highest BCUT2D eigenvalue weighted by Crippen LogP contribution is 2.07. The number of rotatable bonds is 2. The van der Waals surface area contributed by atoms with E-state index >= 15 is 0 Å². The Labute approximate surface area is 69.4 Å². The monoisotopic (exact) mass is 168 g/mol. The van der Waals surface area contributed by atoms with Crippen molar-refractivity contribution in [3.05, 3.63) is 29.8 Å². The van der Waals surface area contributed by atoms with Gasteiger partial charge in [-0.05, 0) is 19.1 Å². The minimum atomic E-state index is -0.819. The van der Waals surface area contributed by atoms with Crippen molar-refractivity contribution in [1.29, 1.82) is 0 Å². The van der Waals surface area contributed by atoms with Crippen molar-refractivity contribution in [3.63, 3.8) is 0 Å². The number of ketones is 1. The summed E-state index contributed by atoms with van der Waals surface area (Å²) in [5, 5.41) is 0. The van der Waals surface area contributed by atoms with Crippen molar-refractivity contribution in [2.24, 2.45) is 5.73 Å². The van der Waals surface area contributed by atoms with Gasteiger partial charge in [-0.3, -0.25) is 4.79 Å². The highest BCUT2D eigenvalue weighted by Gasteiger charge is 2.12. The first-order valence-electron chi connectivity index (χ1n) is 3.50. The van der Waals surface area contributed by atoms with E-state index in [-0.39, 0.29) is 11.5 Å². The van der Waals surface area contributed by atoms with E-state index in [4.69, 9.17) is 5.73 Å². The number of hydrogen-bond donors (Lipinski definition) is 1. The van der Waals surface area contributed by atoms with Crippen LogP contribution in [0.25, 0.3) is 0 Å². The van der Waals surface area contributed by atoms with Gasteiger partial charge < -0.3 is 5.73 Å². The third kappa shape index (κ3) is 1.85. The first kappa shape index (κ1) is 8.80. The molecule has 0 saturated heterocycles. The number of aromatic nitrogens is 1. The first-order chi connectivity index (χ1) is 5.61. The molecule has 2 N–H and O–H groups in total. The largest absolute Gasteiger partial charge is 0.317 e. The average molecular weight is 168 g/mol. The van der Waals surface area contributed by atoms with Crippen molar-refractivity contribution in [2.75, 3.05) is 0 Å². The number of hydrogen-bond acceptors (Lipinski definition) is 3. The summed E-state index contributed by atoms with van der Waals surface area (Å²) in [5.41, 5.74) is 5.69. The number of Topliss-reactive ketones (excluding diaryl/α,β-unsaturated/α-hetero) is 1. The molecule has 4 heteroatoms. The molecule has 0 amide bonds. The topological polar surface area (TPSA) is 56.0 Å². The van der Waals surface area contributed by atoms with Crippen LogP contribution in [-0.2, 0) is 4.79 Å². The standard InChI is InChI=1S/C8H9FN2O/c1-5(12)8(10)6-3-2-4-7(9)11-6/h2-4,8H,10H2,1H3. The van der Waals surface area contributed by atoms with Crippen LogP contribution in [0.2, 0.25) is 0 Å². The summed E-state index contributed by atoms with van der Waals surface area (Å²) < 4.78 is 12.5. The highest BCUT2D eigenvalue weighted by atomic mass is 19.1. The van der Waals surface area contributed by atoms with E-state index in [1.54, 1.807) is 0 Å². The lowest BCUT2D eigenvalue weighted by atomic mass is 10.1. The minimum absolute atomic E-state index is 0.229. The number of carbonyl (C=O) groups is 1. The molecule has 1 unspecified atom stereocenters. The second-order valence-corrected chi connectivity index (χ2v) is 2.47. The highest BCUT2D eigenvalue weighted by molar-refractivity contribution is 5.82. The number of pyridine rings is 1. The lowest BCUT2D eigenvalue weighted by Crippen LogP contribution is -2.20. The smallest absolute Gasteiger partial charge is 0.213 e. The predicted octanol–water partition coefficient (Wildman–Crippen LogP) is 0.810. The maximum absolute atomic E-state index is 12.5. The maximum atomic E-state index is 12.5. The fraction of sp³-hybridized carbons (Fsp3) is 0.250. The SMILES string of the molecule is CC(=O)C(N)c1cccc(F)n1. The summed E-state index contributed by atoms with van der Waals surface area (Å²) in [4.78, 5) is 14.2. The molecule has 0 saturated carbocycles. The molecule has 0 bridgehead atoms. The molecule has 1 aromatic rings. The van der Waals surface area contributed by atoms with E-state index < -0.39 is 12.0 Å². The number of nitrogens with two attached hydrogens (primary N) is 1. The predicted molar refractivity (Wildman–Crippen MR) is 41.8 cm³/mol. The van der Waals surface area contributed by atoms with Crippen LogP contribution in [0.4, 0.5) is 4.39 Å². The normalized spacial score (nSPS) is 12.6. The van der Waals surface area contributed by atoms with Gasteiger partial charge in [-0.15, -0.1) is 0 Å². The summed E-state index contributed by atoms with van der Waals surface area (Å²) in [5.74, 6) is -0.850. The molecule has 0 aliphatic heterocycles. The van der Waals surface area contributed by atoms with Gasteiger partial charge in [0.2, 0.25) is 5.95 Å². The summed E-state index contributed by atoms with van der Waals surface area (Å²) in [6, 6.07) is 3.38. The van der Waals surface area contributed by atoms with Crippen LogP contribution in [0.3, 0.4) is 0 Å². The quantitative estimate of drug-likeness (QED) is 0.665. The lowest BCUT2D eigenvalue weighted by molar-refractivity contribution is -0.118. The summed E-state index contributed by atoms with van der Waals surface area (Å²) in [6.45, 7) is 1.34. The Morgan fingerprint density at radius 1 is 1.67 bits per heavy atom. The van der Waals surface area contributed by atoms with Gasteiger partial charge in [0.05, 0.1) is 5.69 Å². The van der Waals surface area contributed by atoms with Gasteiger partial charge in [-0.1, -0.05) is 6.07 Å². The Morgan fingerprint density at radius 3 is 2.83 bits per heavy atom. The van der Waals surface area contributed by atoms with Crippen molar-refractivity contribution in [2.45, 2.75) is 13.0 Å². The van der Waals surface area contributed by atoms with Crippen LogP contribution in [-0.4, -0.2) is 10.8 Å². The molecule has 1 atom stereocenters. The number of nitrogens with zero attached hydrogens (tertiary/aromatic N) is 1. The third-order valence-electron chi connectivity index (χ3n) is 1.49. The second kappa shape index (κ2) is 3.40. The summed E-state index contributed by atoms with van der Waals surface area (Å²) in [6.07, 6.45) is 0. The molecular weight excluding hydrogens is 159 g/mol. The Hall–Kier alpha value is -1.29. The van der Waals surface area contributed by atoms with Gasteiger partial charge in [-0.25, -0.2) is 4.98 Å². The Kier molecular flexibility index (Phi) is 2.50. The van der Waals surface area contributed by atoms with E-state index in [9.17, 15) is 9.18 Å². The van der Waals surface area contributed by atoms with Gasteiger partial charge in [0.1, 0.15) is 6.04 Å². The molecule has 1 rings (SSSR count). The van der Waals surface area contributed by atoms with Gasteiger partial charge in [0.15, 0.2) is 5.78 Å². The zero-order valence-electron chi connectivity index (χ0n) is 6.62. The molecule has 0 aliphatic carbocycles. The Balaban J connectivity index is 2.95. The molecule has 0 aliphatic rings. The zero-order valence-corrected chi connectivity index (χ0v) is 6.62. The van der Waals surface area contributed by atoms with Crippen LogP contribution in [0.15, 0.2) is 18.2 Å². The molecule has 3 nitrogen and oxygen atoms in total. The molecule has 0 radical (unpaired) electrons. The molecule has 0 spiro atoms. The van der Waals surface area contributed by atoms with E-state index in [1.807, 2.05) is 0 Å². The van der Waals surface area contributed by atoms with Gasteiger partial charge in [0.25, 0.3) is 0 Å². The fourth-order valence-corrected chi connectivity index (χ4v) is 0.805. The molecule has 1 heterocycles. The average Bonchev–Trinajstić information content (AvgIpc) is 2.03. The van der Waals surface area contributed by atoms with E-state index in [1.165, 1.54) is 25.1 Å². The molecular formula is C8H9FN2O. The first-order valence-corrected chi connectivity index (χ1v) is 3.50. The number of carbonyl (C=O) groups excluding carboxylic acids is 1. The van der Waals surface area contributed by atoms with Crippen LogP contribution in [0, 0.1) is 5.95 Å². The van der Waals surface area contributed by atoms with E-state index in [0.717, 1.165) is 0 Å². The third-order valence-corrected chi connectivity index (χ3v) is 1.49. The molecule has 64 valence electrons. The second-order valence-electron chi connectivity index (χ2n) is 2.47. The fourth-order valence-electron chi connectivity index (χ4n) is 0.805. The van der Waals surface area contributed by atoms with E-state index in [0.29, 0.717) is 0 Å². The van der Waals surface area contributed by atoms with Crippen molar-refractivity contribution in [3.8, 4) is 0 Å². The van der Waals surface area contributed by atoms with Crippen LogP contribution in [0.5, 0.6) is 0 Å². The van der Waals surface area contributed by atoms with E-state index in [2.05, 4.69) is 4.98 Å². The summed E-state index contributed by atoms with van der Waals surface area (Å²) >= 11 is 0. The Bertz CT molecular complexity index is 301. The van der Waals surface area contributed by atoms with Crippen LogP contribution in [0.1, 0.15) is 18.7 Å². The van der Waals surface area contributed by atoms with Crippen molar-refractivity contribution < 1.29 is 9.18 Å². The van der Waals surface area contributed by atoms with Crippen LogP contribution < -0.4 is 5.73 Å². The number of halogens is 1. The zero-order chi connectivity index (χ0) is 9.14. The molecule has 0 fully saturated rings. The molecule has 0 aromatic carbocycles. The van der Waals surface area contributed by atoms with Gasteiger partial charge in [-0.2, -0.15) is 4.39 Å². The summed E-state index contributed by atoms with van der Waals surface area (Å²) in [7, 11) is 0. The van der Waals surface area contributed by atoms with Crippen molar-refractivity contribution >= 4 is 5.78 Å². The van der Waals surface area contributed by atoms with Gasteiger partial charge in [0, 0.05) is 0 Å². The lowest BCUT2D eigenvalue weighted by Gasteiger charge is -2.05. The van der Waals surface area contributed by atoms with Gasteiger partial charge >= 0.3 is 0 Å². The van der Waals surface area contributed by atoms with Crippen LogP contribution >= 0.6 is 0 Å². The van der Waals surface area contributed by atoms with Crippen molar-refractivity contribution in [1.82, 2.24) is 4.98 Å². The minimum Gasteiger partial charge on any atom is -0.317 e. The Morgan fingerprint density at radius 2 is 2.33 bits per heavy atom. The molecule has 12 heavy (non-hydrogen) atoms.